The molecule has 12 heteroatoms. The van der Waals surface area contributed by atoms with Gasteiger partial charge in [0.15, 0.2) is 18.3 Å². The number of aliphatic hydroxyl groups excluding tert-OH is 4. The van der Waals surface area contributed by atoms with E-state index in [1.807, 2.05) is 0 Å². The molecule has 0 radical (unpaired) electrons. The van der Waals surface area contributed by atoms with Crippen LogP contribution in [-0.4, -0.2) is 80.6 Å². The van der Waals surface area contributed by atoms with Gasteiger partial charge < -0.3 is 44.9 Å². The quantitative estimate of drug-likeness (QED) is 0.209. The molecule has 0 spiro atoms. The van der Waals surface area contributed by atoms with Crippen molar-refractivity contribution in [1.29, 1.82) is 0 Å². The number of aliphatic hydroxyl groups is 4. The summed E-state index contributed by atoms with van der Waals surface area (Å²) in [4.78, 5) is 42.3. The highest BCUT2D eigenvalue weighted by Gasteiger charge is 2.32. The van der Waals surface area contributed by atoms with Crippen molar-refractivity contribution >= 4 is 23.9 Å². The van der Waals surface area contributed by atoms with E-state index in [2.05, 4.69) is 9.47 Å². The van der Waals surface area contributed by atoms with Gasteiger partial charge in [-0.05, 0) is 0 Å². The summed E-state index contributed by atoms with van der Waals surface area (Å²) in [6.07, 6.45) is -10.0. The first-order valence-corrected chi connectivity index (χ1v) is 5.08. The Bertz CT molecular complexity index is 379. The van der Waals surface area contributed by atoms with Gasteiger partial charge in [-0.15, -0.1) is 0 Å². The predicted octanol–water partition coefficient (Wildman–Crippen LogP) is -5.69. The maximum absolute atomic E-state index is 11.0. The molecule has 120 valence electrons. The molecule has 0 amide bonds. The van der Waals surface area contributed by atoms with Gasteiger partial charge in [0, 0.05) is 0 Å². The van der Waals surface area contributed by atoms with Gasteiger partial charge >= 0.3 is 17.9 Å². The maximum Gasteiger partial charge on any atom is 0.341 e. The number of carbonyl (C=O) groups excluding carboxylic acids is 3. The molecular weight excluding hydrogens is 300 g/mol. The monoisotopic (exact) mass is 311 g/mol. The van der Waals surface area contributed by atoms with E-state index in [9.17, 15) is 24.3 Å². The van der Waals surface area contributed by atoms with Crippen molar-refractivity contribution < 1.29 is 59.3 Å². The smallest absolute Gasteiger partial charge is 0.341 e. The molecule has 12 nitrogen and oxygen atoms in total. The molecule has 0 saturated heterocycles. The summed E-state index contributed by atoms with van der Waals surface area (Å²) < 4.78 is 8.04. The van der Waals surface area contributed by atoms with Gasteiger partial charge in [0.2, 0.25) is 6.79 Å². The minimum absolute atomic E-state index is 1.24. The van der Waals surface area contributed by atoms with Gasteiger partial charge in [0.25, 0.3) is 0 Å². The molecular formula is C9H11O12-. The summed E-state index contributed by atoms with van der Waals surface area (Å²) in [6, 6.07) is 0. The first kappa shape index (κ1) is 18.7. The molecule has 0 fully saturated rings. The van der Waals surface area contributed by atoms with Crippen molar-refractivity contribution in [2.75, 3.05) is 6.79 Å². The zero-order valence-electron chi connectivity index (χ0n) is 10.1. The van der Waals surface area contributed by atoms with Crippen LogP contribution in [0.15, 0.2) is 0 Å². The lowest BCUT2D eigenvalue weighted by Crippen LogP contribution is -2.47. The van der Waals surface area contributed by atoms with Crippen molar-refractivity contribution in [1.82, 2.24) is 0 Å². The zero-order valence-corrected chi connectivity index (χ0v) is 10.1. The maximum atomic E-state index is 11.0. The van der Waals surface area contributed by atoms with Crippen LogP contribution < -0.4 is 5.11 Å². The van der Waals surface area contributed by atoms with Crippen molar-refractivity contribution in [2.24, 2.45) is 0 Å². The Morgan fingerprint density at radius 2 is 1.19 bits per heavy atom. The molecule has 0 saturated carbocycles. The Morgan fingerprint density at radius 3 is 1.52 bits per heavy atom. The van der Waals surface area contributed by atoms with Crippen LogP contribution in [-0.2, 0) is 28.7 Å². The molecule has 0 heterocycles. The number of carboxylic acids is 2. The molecule has 0 aliphatic heterocycles. The molecule has 0 rings (SSSR count). The largest absolute Gasteiger partial charge is 0.547 e. The molecule has 5 N–H and O–H groups in total. The SMILES string of the molecule is O=C([O-])C(O)C(O)C(=O)OCOC(=O)C(O)C(O)C(=O)O. The Morgan fingerprint density at radius 1 is 0.810 bits per heavy atom. The van der Waals surface area contributed by atoms with Crippen LogP contribution in [0.2, 0.25) is 0 Å². The van der Waals surface area contributed by atoms with Gasteiger partial charge in [0.05, 0.1) is 5.97 Å². The second-order valence-electron chi connectivity index (χ2n) is 3.48. The lowest BCUT2D eigenvalue weighted by Gasteiger charge is -2.17. The fourth-order valence-electron chi connectivity index (χ4n) is 0.838. The van der Waals surface area contributed by atoms with Crippen molar-refractivity contribution in [2.45, 2.75) is 24.4 Å². The molecule has 0 aromatic heterocycles. The van der Waals surface area contributed by atoms with E-state index < -0.39 is 55.1 Å². The summed E-state index contributed by atoms with van der Waals surface area (Å²) in [5.74, 6) is -7.42. The summed E-state index contributed by atoms with van der Waals surface area (Å²) in [5.41, 5.74) is 0. The number of hydrogen-bond acceptors (Lipinski definition) is 11. The van der Waals surface area contributed by atoms with E-state index in [1.54, 1.807) is 0 Å². The van der Waals surface area contributed by atoms with Crippen molar-refractivity contribution in [3.8, 4) is 0 Å². The standard InChI is InChI=1S/C9H12O12/c10-2(6(14)15)4(12)8(18)20-1-21-9(19)5(13)3(11)7(16)17/h2-5,10-13H,1H2,(H,14,15)(H,16,17)/p-1. The number of carboxylic acid groups (broad SMARTS) is 2. The summed E-state index contributed by atoms with van der Waals surface area (Å²) in [7, 11) is 0. The number of hydrogen-bond donors (Lipinski definition) is 5. The van der Waals surface area contributed by atoms with Crippen molar-refractivity contribution in [3.63, 3.8) is 0 Å². The van der Waals surface area contributed by atoms with Crippen LogP contribution in [0.25, 0.3) is 0 Å². The number of ether oxygens (including phenoxy) is 2. The third-order valence-corrected chi connectivity index (χ3v) is 1.98. The lowest BCUT2D eigenvalue weighted by atomic mass is 10.2. The number of rotatable bonds is 8. The summed E-state index contributed by atoms with van der Waals surface area (Å²) in [6.45, 7) is -1.24. The molecule has 0 aromatic rings. The average Bonchev–Trinajstić information content (AvgIpc) is 2.43. The molecule has 0 aliphatic carbocycles. The first-order chi connectivity index (χ1) is 9.59. The van der Waals surface area contributed by atoms with Gasteiger partial charge in [-0.1, -0.05) is 0 Å². The molecule has 21 heavy (non-hydrogen) atoms. The zero-order chi connectivity index (χ0) is 16.7. The normalized spacial score (nSPS) is 16.2. The Labute approximate surface area is 115 Å². The van der Waals surface area contributed by atoms with E-state index in [-0.39, 0.29) is 0 Å². The van der Waals surface area contributed by atoms with Crippen LogP contribution in [0.5, 0.6) is 0 Å². The first-order valence-electron chi connectivity index (χ1n) is 5.08. The molecule has 0 aromatic carbocycles. The van der Waals surface area contributed by atoms with Crippen LogP contribution in [0.4, 0.5) is 0 Å². The third-order valence-electron chi connectivity index (χ3n) is 1.98. The van der Waals surface area contributed by atoms with E-state index >= 15 is 0 Å². The second-order valence-corrected chi connectivity index (χ2v) is 3.48. The van der Waals surface area contributed by atoms with Crippen LogP contribution >= 0.6 is 0 Å². The predicted molar refractivity (Wildman–Crippen MR) is 53.7 cm³/mol. The second kappa shape index (κ2) is 8.11. The highest BCUT2D eigenvalue weighted by Crippen LogP contribution is 2.00. The summed E-state index contributed by atoms with van der Waals surface area (Å²) in [5, 5.41) is 53.8. The lowest BCUT2D eigenvalue weighted by molar-refractivity contribution is -0.318. The van der Waals surface area contributed by atoms with Gasteiger partial charge in [-0.25, -0.2) is 14.4 Å². The fraction of sp³-hybridized carbons (Fsp3) is 0.556. The number of esters is 2. The average molecular weight is 311 g/mol. The molecule has 4 unspecified atom stereocenters. The number of aliphatic carboxylic acids is 2. The fourth-order valence-corrected chi connectivity index (χ4v) is 0.838. The number of carbonyl (C=O) groups is 4. The summed E-state index contributed by atoms with van der Waals surface area (Å²) >= 11 is 0. The topological polar surface area (TPSA) is 211 Å². The van der Waals surface area contributed by atoms with Gasteiger partial charge in [0.1, 0.15) is 6.10 Å². The molecule has 0 aliphatic rings. The molecule has 4 atom stereocenters. The van der Waals surface area contributed by atoms with Crippen LogP contribution in [0.3, 0.4) is 0 Å². The Hall–Kier alpha value is -2.28. The third kappa shape index (κ3) is 5.70. The van der Waals surface area contributed by atoms with Crippen LogP contribution in [0, 0.1) is 0 Å². The van der Waals surface area contributed by atoms with Crippen molar-refractivity contribution in [3.05, 3.63) is 0 Å². The van der Waals surface area contributed by atoms with E-state index in [0.29, 0.717) is 0 Å². The van der Waals surface area contributed by atoms with Gasteiger partial charge in [-0.3, -0.25) is 0 Å². The highest BCUT2D eigenvalue weighted by molar-refractivity contribution is 5.85. The van der Waals surface area contributed by atoms with Crippen LogP contribution in [0.1, 0.15) is 0 Å². The van der Waals surface area contributed by atoms with E-state index in [4.69, 9.17) is 25.5 Å². The Kier molecular flexibility index (Phi) is 7.23. The van der Waals surface area contributed by atoms with E-state index in [0.717, 1.165) is 0 Å². The highest BCUT2D eigenvalue weighted by atomic mass is 16.7. The Balaban J connectivity index is 4.26. The minimum atomic E-state index is -2.58. The van der Waals surface area contributed by atoms with Gasteiger partial charge in [-0.2, -0.15) is 0 Å². The minimum Gasteiger partial charge on any atom is -0.547 e. The van der Waals surface area contributed by atoms with E-state index in [1.165, 1.54) is 0 Å². The molecule has 0 bridgehead atoms.